The van der Waals surface area contributed by atoms with Crippen molar-refractivity contribution in [2.24, 2.45) is 0 Å². The summed E-state index contributed by atoms with van der Waals surface area (Å²) in [6.07, 6.45) is -0.188. The number of fused-ring (bicyclic) bond motifs is 1. The highest BCUT2D eigenvalue weighted by molar-refractivity contribution is 9.10. The van der Waals surface area contributed by atoms with Crippen LogP contribution in [0.3, 0.4) is 0 Å². The standard InChI is InChI=1S/C19H15BrF2N4O2/c20-13-4-1-11(2-5-13)17-9-26-16(10-28-17)18(24-25-26)19(27)23-8-12-3-6-14(21)7-15(12)22/h1-7,17H,8-10H2,(H,23,27). The minimum atomic E-state index is -0.717. The quantitative estimate of drug-likeness (QED) is 0.662. The van der Waals surface area contributed by atoms with Crippen LogP contribution in [0.25, 0.3) is 0 Å². The summed E-state index contributed by atoms with van der Waals surface area (Å²) in [5.41, 5.74) is 1.88. The Morgan fingerprint density at radius 1 is 1.25 bits per heavy atom. The summed E-state index contributed by atoms with van der Waals surface area (Å²) in [7, 11) is 0. The zero-order valence-electron chi connectivity index (χ0n) is 14.5. The summed E-state index contributed by atoms with van der Waals surface area (Å²) in [6.45, 7) is 0.533. The van der Waals surface area contributed by atoms with Crippen LogP contribution >= 0.6 is 15.9 Å². The molecule has 1 amide bonds. The van der Waals surface area contributed by atoms with Gasteiger partial charge in [0.2, 0.25) is 0 Å². The summed E-state index contributed by atoms with van der Waals surface area (Å²) in [5, 5.41) is 10.6. The number of nitrogens with zero attached hydrogens (tertiary/aromatic N) is 3. The van der Waals surface area contributed by atoms with Crippen molar-refractivity contribution in [3.8, 4) is 0 Å². The second-order valence-electron chi connectivity index (χ2n) is 6.34. The van der Waals surface area contributed by atoms with E-state index in [-0.39, 0.29) is 30.5 Å². The van der Waals surface area contributed by atoms with Gasteiger partial charge in [-0.1, -0.05) is 39.3 Å². The average molecular weight is 449 g/mol. The summed E-state index contributed by atoms with van der Waals surface area (Å²) in [4.78, 5) is 12.4. The number of hydrogen-bond acceptors (Lipinski definition) is 4. The van der Waals surface area contributed by atoms with Crippen molar-refractivity contribution in [2.45, 2.75) is 25.8 Å². The molecule has 144 valence electrons. The van der Waals surface area contributed by atoms with Crippen molar-refractivity contribution in [2.75, 3.05) is 0 Å². The van der Waals surface area contributed by atoms with E-state index in [9.17, 15) is 13.6 Å². The van der Waals surface area contributed by atoms with E-state index in [0.717, 1.165) is 22.2 Å². The molecule has 0 bridgehead atoms. The minimum absolute atomic E-state index is 0.0837. The number of benzene rings is 2. The Hall–Kier alpha value is -2.65. The highest BCUT2D eigenvalue weighted by Gasteiger charge is 2.27. The fourth-order valence-electron chi connectivity index (χ4n) is 2.99. The van der Waals surface area contributed by atoms with E-state index in [1.165, 1.54) is 6.07 Å². The molecular weight excluding hydrogens is 434 g/mol. The first-order chi connectivity index (χ1) is 13.5. The van der Waals surface area contributed by atoms with Gasteiger partial charge >= 0.3 is 0 Å². The third kappa shape index (κ3) is 3.81. The van der Waals surface area contributed by atoms with Crippen LogP contribution in [0.4, 0.5) is 8.78 Å². The largest absolute Gasteiger partial charge is 0.365 e. The van der Waals surface area contributed by atoms with Crippen molar-refractivity contribution >= 4 is 21.8 Å². The number of carbonyl (C=O) groups is 1. The maximum Gasteiger partial charge on any atom is 0.274 e. The van der Waals surface area contributed by atoms with Gasteiger partial charge in [0.1, 0.15) is 17.7 Å². The van der Waals surface area contributed by atoms with Gasteiger partial charge in [-0.3, -0.25) is 4.79 Å². The minimum Gasteiger partial charge on any atom is -0.365 e. The number of nitrogens with one attached hydrogen (secondary N) is 1. The van der Waals surface area contributed by atoms with Gasteiger partial charge < -0.3 is 10.1 Å². The van der Waals surface area contributed by atoms with Gasteiger partial charge in [-0.15, -0.1) is 5.10 Å². The zero-order chi connectivity index (χ0) is 19.7. The lowest BCUT2D eigenvalue weighted by atomic mass is 10.1. The molecule has 0 spiro atoms. The lowest BCUT2D eigenvalue weighted by Crippen LogP contribution is -2.27. The molecule has 1 unspecified atom stereocenters. The second kappa shape index (κ2) is 7.76. The molecule has 1 aromatic heterocycles. The van der Waals surface area contributed by atoms with Crippen LogP contribution in [0.5, 0.6) is 0 Å². The van der Waals surface area contributed by atoms with Gasteiger partial charge in [0.05, 0.1) is 18.8 Å². The molecule has 28 heavy (non-hydrogen) atoms. The molecule has 0 saturated heterocycles. The lowest BCUT2D eigenvalue weighted by Gasteiger charge is -2.24. The molecule has 0 aliphatic carbocycles. The fraction of sp³-hybridized carbons (Fsp3) is 0.211. The lowest BCUT2D eigenvalue weighted by molar-refractivity contribution is -0.00177. The summed E-state index contributed by atoms with van der Waals surface area (Å²) < 4.78 is 35.2. The Bertz CT molecular complexity index is 1020. The molecule has 0 radical (unpaired) electrons. The summed E-state index contributed by atoms with van der Waals surface area (Å²) in [5.74, 6) is -1.88. The molecule has 1 aliphatic heterocycles. The number of halogens is 3. The van der Waals surface area contributed by atoms with Crippen molar-refractivity contribution < 1.29 is 18.3 Å². The van der Waals surface area contributed by atoms with Gasteiger partial charge in [-0.25, -0.2) is 13.5 Å². The van der Waals surface area contributed by atoms with Gasteiger partial charge in [-0.2, -0.15) is 0 Å². The Kier molecular flexibility index (Phi) is 5.19. The van der Waals surface area contributed by atoms with Crippen molar-refractivity contribution in [3.05, 3.63) is 81.1 Å². The maximum absolute atomic E-state index is 13.7. The van der Waals surface area contributed by atoms with Crippen LogP contribution in [-0.2, 0) is 24.4 Å². The topological polar surface area (TPSA) is 69.0 Å². The average Bonchev–Trinajstić information content (AvgIpc) is 3.11. The van der Waals surface area contributed by atoms with Crippen molar-refractivity contribution in [3.63, 3.8) is 0 Å². The predicted molar refractivity (Wildman–Crippen MR) is 99.2 cm³/mol. The molecule has 4 rings (SSSR count). The van der Waals surface area contributed by atoms with E-state index >= 15 is 0 Å². The Balaban J connectivity index is 1.45. The van der Waals surface area contributed by atoms with E-state index in [1.807, 2.05) is 24.3 Å². The molecule has 2 heterocycles. The van der Waals surface area contributed by atoms with Crippen LogP contribution in [0.2, 0.25) is 0 Å². The molecule has 9 heteroatoms. The van der Waals surface area contributed by atoms with Crippen LogP contribution in [0.15, 0.2) is 46.9 Å². The van der Waals surface area contributed by atoms with E-state index in [1.54, 1.807) is 4.68 Å². The van der Waals surface area contributed by atoms with Gasteiger partial charge in [0.15, 0.2) is 5.69 Å². The molecule has 1 N–H and O–H groups in total. The normalized spacial score (nSPS) is 15.9. The number of ether oxygens (including phenoxy) is 1. The highest BCUT2D eigenvalue weighted by Crippen LogP contribution is 2.27. The molecule has 1 atom stereocenters. The van der Waals surface area contributed by atoms with E-state index in [0.29, 0.717) is 12.2 Å². The molecule has 2 aromatic carbocycles. The Labute approximate surface area is 167 Å². The Morgan fingerprint density at radius 3 is 2.79 bits per heavy atom. The SMILES string of the molecule is O=C(NCc1ccc(F)cc1F)c1nnn2c1COC(c1ccc(Br)cc1)C2. The van der Waals surface area contributed by atoms with Gasteiger partial charge in [0, 0.05) is 22.6 Å². The molecule has 3 aromatic rings. The van der Waals surface area contributed by atoms with E-state index < -0.39 is 17.5 Å². The van der Waals surface area contributed by atoms with E-state index in [4.69, 9.17) is 4.74 Å². The highest BCUT2D eigenvalue weighted by atomic mass is 79.9. The number of aromatic nitrogens is 3. The van der Waals surface area contributed by atoms with Crippen LogP contribution < -0.4 is 5.32 Å². The maximum atomic E-state index is 13.7. The summed E-state index contributed by atoms with van der Waals surface area (Å²) >= 11 is 3.40. The van der Waals surface area contributed by atoms with Crippen LogP contribution in [0.1, 0.15) is 33.4 Å². The molecule has 0 fully saturated rings. The van der Waals surface area contributed by atoms with E-state index in [2.05, 4.69) is 31.6 Å². The van der Waals surface area contributed by atoms with Crippen molar-refractivity contribution in [1.82, 2.24) is 20.3 Å². The first-order valence-electron chi connectivity index (χ1n) is 8.53. The second-order valence-corrected chi connectivity index (χ2v) is 7.25. The molecule has 6 nitrogen and oxygen atoms in total. The molecule has 1 aliphatic rings. The third-order valence-corrected chi connectivity index (χ3v) is 5.04. The number of carbonyl (C=O) groups excluding carboxylic acids is 1. The summed E-state index contributed by atoms with van der Waals surface area (Å²) in [6, 6.07) is 11.0. The smallest absolute Gasteiger partial charge is 0.274 e. The first-order valence-corrected chi connectivity index (χ1v) is 9.32. The molecular formula is C19H15BrF2N4O2. The van der Waals surface area contributed by atoms with Gasteiger partial charge in [-0.05, 0) is 23.8 Å². The zero-order valence-corrected chi connectivity index (χ0v) is 16.1. The third-order valence-electron chi connectivity index (χ3n) is 4.51. The van der Waals surface area contributed by atoms with Crippen LogP contribution in [0, 0.1) is 11.6 Å². The first kappa shape index (κ1) is 18.7. The number of hydrogen-bond donors (Lipinski definition) is 1. The predicted octanol–water partition coefficient (Wildman–Crippen LogP) is 3.52. The monoisotopic (exact) mass is 448 g/mol. The Morgan fingerprint density at radius 2 is 2.04 bits per heavy atom. The number of amides is 1. The van der Waals surface area contributed by atoms with Crippen LogP contribution in [-0.4, -0.2) is 20.9 Å². The number of rotatable bonds is 4. The molecule has 0 saturated carbocycles. The van der Waals surface area contributed by atoms with Gasteiger partial charge in [0.25, 0.3) is 5.91 Å². The van der Waals surface area contributed by atoms with Crippen molar-refractivity contribution in [1.29, 1.82) is 0 Å². The fourth-order valence-corrected chi connectivity index (χ4v) is 3.26.